The predicted molar refractivity (Wildman–Crippen MR) is 89.4 cm³/mol. The second kappa shape index (κ2) is 7.65. The lowest BCUT2D eigenvalue weighted by Crippen LogP contribution is -2.27. The van der Waals surface area contributed by atoms with E-state index in [9.17, 15) is 14.0 Å². The van der Waals surface area contributed by atoms with Gasteiger partial charge in [0.2, 0.25) is 5.91 Å². The molecule has 3 rings (SSSR count). The van der Waals surface area contributed by atoms with Crippen LogP contribution in [0.15, 0.2) is 42.5 Å². The molecule has 0 aliphatic carbocycles. The van der Waals surface area contributed by atoms with Gasteiger partial charge >= 0.3 is 0 Å². The monoisotopic (exact) mass is 344 g/mol. The molecule has 2 amide bonds. The lowest BCUT2D eigenvalue weighted by Gasteiger charge is -2.19. The first kappa shape index (κ1) is 16.8. The van der Waals surface area contributed by atoms with E-state index >= 15 is 0 Å². The third-order valence-corrected chi connectivity index (χ3v) is 3.57. The summed E-state index contributed by atoms with van der Waals surface area (Å²) < 4.78 is 23.7. The van der Waals surface area contributed by atoms with E-state index in [1.54, 1.807) is 18.2 Å². The molecular weight excluding hydrogens is 327 g/mol. The van der Waals surface area contributed by atoms with Crippen LogP contribution >= 0.6 is 0 Å². The van der Waals surface area contributed by atoms with Crippen molar-refractivity contribution in [3.8, 4) is 11.5 Å². The number of ether oxygens (including phenoxy) is 2. The highest BCUT2D eigenvalue weighted by molar-refractivity contribution is 5.95. The Balaban J connectivity index is 1.46. The zero-order chi connectivity index (χ0) is 17.6. The maximum atomic E-state index is 12.8. The summed E-state index contributed by atoms with van der Waals surface area (Å²) in [4.78, 5) is 23.8. The smallest absolute Gasteiger partial charge is 0.251 e. The Morgan fingerprint density at radius 2 is 1.72 bits per heavy atom. The molecular formula is C18H17FN2O4. The number of hydrogen-bond donors (Lipinski definition) is 2. The number of carbonyl (C=O) groups excluding carboxylic acids is 2. The summed E-state index contributed by atoms with van der Waals surface area (Å²) in [6, 6.07) is 10.4. The molecule has 130 valence electrons. The van der Waals surface area contributed by atoms with Crippen LogP contribution in [0.5, 0.6) is 11.5 Å². The van der Waals surface area contributed by atoms with Crippen molar-refractivity contribution in [2.75, 3.05) is 25.1 Å². The molecule has 2 aromatic rings. The number of anilines is 1. The molecule has 0 saturated carbocycles. The summed E-state index contributed by atoms with van der Waals surface area (Å²) in [5.74, 6) is 0.239. The Labute approximate surface area is 143 Å². The normalized spacial score (nSPS) is 12.4. The Morgan fingerprint density at radius 1 is 1.00 bits per heavy atom. The summed E-state index contributed by atoms with van der Waals surface area (Å²) >= 11 is 0. The van der Waals surface area contributed by atoms with Crippen molar-refractivity contribution < 1.29 is 23.5 Å². The molecule has 0 aromatic heterocycles. The van der Waals surface area contributed by atoms with Crippen molar-refractivity contribution in [2.45, 2.75) is 6.42 Å². The van der Waals surface area contributed by atoms with Gasteiger partial charge in [0.15, 0.2) is 11.5 Å². The second-order valence-electron chi connectivity index (χ2n) is 5.42. The standard InChI is InChI=1S/C18H17FN2O4/c19-13-3-1-12(2-4-13)18(23)20-8-7-17(22)21-14-5-6-15-16(11-14)25-10-9-24-15/h1-6,11H,7-10H2,(H,20,23)(H,21,22). The average Bonchev–Trinajstić information content (AvgIpc) is 2.62. The van der Waals surface area contributed by atoms with Crippen LogP contribution in [0.2, 0.25) is 0 Å². The van der Waals surface area contributed by atoms with Crippen molar-refractivity contribution in [3.05, 3.63) is 53.8 Å². The first-order valence-corrected chi connectivity index (χ1v) is 7.85. The van der Waals surface area contributed by atoms with Crippen molar-refractivity contribution in [1.29, 1.82) is 0 Å². The molecule has 0 unspecified atom stereocenters. The van der Waals surface area contributed by atoms with E-state index < -0.39 is 5.82 Å². The quantitative estimate of drug-likeness (QED) is 0.873. The largest absolute Gasteiger partial charge is 0.486 e. The lowest BCUT2D eigenvalue weighted by molar-refractivity contribution is -0.116. The molecule has 7 heteroatoms. The molecule has 1 aliphatic heterocycles. The number of fused-ring (bicyclic) bond motifs is 1. The first-order valence-electron chi connectivity index (χ1n) is 7.85. The third-order valence-electron chi connectivity index (χ3n) is 3.57. The van der Waals surface area contributed by atoms with Gasteiger partial charge in [-0.05, 0) is 36.4 Å². The van der Waals surface area contributed by atoms with Crippen LogP contribution in [0.3, 0.4) is 0 Å². The molecule has 0 saturated heterocycles. The van der Waals surface area contributed by atoms with E-state index in [1.165, 1.54) is 24.3 Å². The van der Waals surface area contributed by atoms with E-state index in [-0.39, 0.29) is 24.8 Å². The van der Waals surface area contributed by atoms with Gasteiger partial charge in [-0.1, -0.05) is 0 Å². The molecule has 1 heterocycles. The Morgan fingerprint density at radius 3 is 2.48 bits per heavy atom. The zero-order valence-corrected chi connectivity index (χ0v) is 13.4. The van der Waals surface area contributed by atoms with E-state index in [4.69, 9.17) is 9.47 Å². The lowest BCUT2D eigenvalue weighted by atomic mass is 10.2. The predicted octanol–water partition coefficient (Wildman–Crippen LogP) is 2.36. The van der Waals surface area contributed by atoms with Crippen molar-refractivity contribution in [3.63, 3.8) is 0 Å². The highest BCUT2D eigenvalue weighted by Crippen LogP contribution is 2.32. The van der Waals surface area contributed by atoms with Crippen LogP contribution in [-0.4, -0.2) is 31.6 Å². The minimum Gasteiger partial charge on any atom is -0.486 e. The fourth-order valence-electron chi connectivity index (χ4n) is 2.34. The van der Waals surface area contributed by atoms with E-state index in [2.05, 4.69) is 10.6 Å². The summed E-state index contributed by atoms with van der Waals surface area (Å²) in [6.45, 7) is 1.15. The fraction of sp³-hybridized carbons (Fsp3) is 0.222. The van der Waals surface area contributed by atoms with Gasteiger partial charge in [-0.3, -0.25) is 9.59 Å². The molecule has 25 heavy (non-hydrogen) atoms. The van der Waals surface area contributed by atoms with Gasteiger partial charge in [0.1, 0.15) is 19.0 Å². The second-order valence-corrected chi connectivity index (χ2v) is 5.42. The van der Waals surface area contributed by atoms with Gasteiger partial charge in [0.25, 0.3) is 5.91 Å². The highest BCUT2D eigenvalue weighted by atomic mass is 19.1. The number of hydrogen-bond acceptors (Lipinski definition) is 4. The molecule has 1 aliphatic rings. The van der Waals surface area contributed by atoms with Gasteiger partial charge in [-0.15, -0.1) is 0 Å². The van der Waals surface area contributed by atoms with Crippen LogP contribution in [0, 0.1) is 5.82 Å². The van der Waals surface area contributed by atoms with Crippen molar-refractivity contribution in [1.82, 2.24) is 5.32 Å². The number of carbonyl (C=O) groups is 2. The molecule has 0 radical (unpaired) electrons. The zero-order valence-electron chi connectivity index (χ0n) is 13.4. The topological polar surface area (TPSA) is 76.7 Å². The van der Waals surface area contributed by atoms with E-state index in [0.29, 0.717) is 36.0 Å². The maximum Gasteiger partial charge on any atom is 0.251 e. The number of halogens is 1. The Bertz CT molecular complexity index is 777. The molecule has 0 bridgehead atoms. The van der Waals surface area contributed by atoms with Gasteiger partial charge in [-0.25, -0.2) is 4.39 Å². The van der Waals surface area contributed by atoms with Crippen molar-refractivity contribution in [2.24, 2.45) is 0 Å². The average molecular weight is 344 g/mol. The van der Waals surface area contributed by atoms with Gasteiger partial charge in [0, 0.05) is 30.3 Å². The number of nitrogens with one attached hydrogen (secondary N) is 2. The molecule has 2 N–H and O–H groups in total. The minimum atomic E-state index is -0.407. The summed E-state index contributed by atoms with van der Waals surface area (Å²) in [5, 5.41) is 5.36. The van der Waals surface area contributed by atoms with Gasteiger partial charge in [0.05, 0.1) is 0 Å². The van der Waals surface area contributed by atoms with E-state index in [0.717, 1.165) is 0 Å². The summed E-state index contributed by atoms with van der Waals surface area (Å²) in [5.41, 5.74) is 0.938. The Kier molecular flexibility index (Phi) is 5.13. The van der Waals surface area contributed by atoms with Crippen LogP contribution in [0.1, 0.15) is 16.8 Å². The number of amides is 2. The summed E-state index contributed by atoms with van der Waals surface area (Å²) in [6.07, 6.45) is 0.112. The third kappa shape index (κ3) is 4.47. The van der Waals surface area contributed by atoms with Crippen LogP contribution < -0.4 is 20.1 Å². The highest BCUT2D eigenvalue weighted by Gasteiger charge is 2.13. The van der Waals surface area contributed by atoms with Gasteiger partial charge < -0.3 is 20.1 Å². The first-order chi connectivity index (χ1) is 12.1. The minimum absolute atomic E-state index is 0.112. The van der Waals surface area contributed by atoms with Crippen molar-refractivity contribution >= 4 is 17.5 Å². The van der Waals surface area contributed by atoms with Crippen LogP contribution in [-0.2, 0) is 4.79 Å². The fourth-order valence-corrected chi connectivity index (χ4v) is 2.34. The number of benzene rings is 2. The SMILES string of the molecule is O=C(CCNC(=O)c1ccc(F)cc1)Nc1ccc2c(c1)OCCO2. The Hall–Kier alpha value is -3.09. The van der Waals surface area contributed by atoms with Gasteiger partial charge in [-0.2, -0.15) is 0 Å². The summed E-state index contributed by atoms with van der Waals surface area (Å²) in [7, 11) is 0. The molecule has 6 nitrogen and oxygen atoms in total. The molecule has 0 spiro atoms. The van der Waals surface area contributed by atoms with E-state index in [1.807, 2.05) is 0 Å². The van der Waals surface area contributed by atoms with Crippen LogP contribution in [0.4, 0.5) is 10.1 Å². The molecule has 0 atom stereocenters. The molecule has 0 fully saturated rings. The molecule has 2 aromatic carbocycles. The van der Waals surface area contributed by atoms with Crippen LogP contribution in [0.25, 0.3) is 0 Å². The maximum absolute atomic E-state index is 12.8. The number of rotatable bonds is 5.